The summed E-state index contributed by atoms with van der Waals surface area (Å²) in [7, 11) is 0. The lowest BCUT2D eigenvalue weighted by Crippen LogP contribution is -2.41. The van der Waals surface area contributed by atoms with Gasteiger partial charge in [0.25, 0.3) is 5.56 Å². The minimum Gasteiger partial charge on any atom is -0.342 e. The van der Waals surface area contributed by atoms with Gasteiger partial charge in [-0.2, -0.15) is 4.98 Å². The van der Waals surface area contributed by atoms with Crippen LogP contribution in [0.1, 0.15) is 48.1 Å². The highest BCUT2D eigenvalue weighted by atomic mass is 16.6. The SMILES string of the molecule is Cc1nonc1CC(=O)N1CCC[C@H](c2cc(=O)nc3n2CCC3)C1. The van der Waals surface area contributed by atoms with Crippen molar-refractivity contribution in [3.05, 3.63) is 39.3 Å². The van der Waals surface area contributed by atoms with E-state index >= 15 is 0 Å². The van der Waals surface area contributed by atoms with Crippen molar-refractivity contribution in [3.63, 3.8) is 0 Å². The molecule has 2 aliphatic heterocycles. The maximum absolute atomic E-state index is 12.6. The molecule has 0 spiro atoms. The zero-order valence-corrected chi connectivity index (χ0v) is 14.3. The maximum Gasteiger partial charge on any atom is 0.273 e. The molecule has 0 aromatic carbocycles. The van der Waals surface area contributed by atoms with Gasteiger partial charge in [0.2, 0.25) is 5.91 Å². The monoisotopic (exact) mass is 343 g/mol. The zero-order chi connectivity index (χ0) is 17.4. The quantitative estimate of drug-likeness (QED) is 0.819. The third-order valence-electron chi connectivity index (χ3n) is 5.17. The summed E-state index contributed by atoms with van der Waals surface area (Å²) < 4.78 is 6.84. The number of piperidine rings is 1. The number of aryl methyl sites for hydroxylation is 2. The summed E-state index contributed by atoms with van der Waals surface area (Å²) in [5.41, 5.74) is 2.11. The van der Waals surface area contributed by atoms with Crippen molar-refractivity contribution < 1.29 is 9.42 Å². The van der Waals surface area contributed by atoms with Gasteiger partial charge in [-0.3, -0.25) is 9.59 Å². The predicted octanol–water partition coefficient (Wildman–Crippen LogP) is 0.830. The Bertz CT molecular complexity index is 856. The van der Waals surface area contributed by atoms with Crippen LogP contribution in [0, 0.1) is 6.92 Å². The first-order valence-corrected chi connectivity index (χ1v) is 8.78. The number of carbonyl (C=O) groups is 1. The second-order valence-corrected chi connectivity index (χ2v) is 6.84. The molecular weight excluding hydrogens is 322 g/mol. The highest BCUT2D eigenvalue weighted by Gasteiger charge is 2.29. The Labute approximate surface area is 144 Å². The van der Waals surface area contributed by atoms with Crippen LogP contribution in [0.2, 0.25) is 0 Å². The molecule has 25 heavy (non-hydrogen) atoms. The van der Waals surface area contributed by atoms with Crippen LogP contribution in [0.5, 0.6) is 0 Å². The molecular formula is C17H21N5O3. The van der Waals surface area contributed by atoms with E-state index in [-0.39, 0.29) is 23.8 Å². The number of rotatable bonds is 3. The summed E-state index contributed by atoms with van der Waals surface area (Å²) >= 11 is 0. The van der Waals surface area contributed by atoms with Crippen molar-refractivity contribution in [1.82, 2.24) is 24.8 Å². The molecule has 1 fully saturated rings. The number of hydrogen-bond donors (Lipinski definition) is 0. The lowest BCUT2D eigenvalue weighted by molar-refractivity contribution is -0.131. The van der Waals surface area contributed by atoms with Crippen molar-refractivity contribution in [2.75, 3.05) is 13.1 Å². The van der Waals surface area contributed by atoms with Crippen LogP contribution in [-0.2, 0) is 24.2 Å². The van der Waals surface area contributed by atoms with Gasteiger partial charge in [0.15, 0.2) is 0 Å². The number of aromatic nitrogens is 4. The standard InChI is InChI=1S/C17H21N5O3/c1-11-13(20-25-19-11)8-17(24)21-6-2-4-12(10-21)14-9-16(23)18-15-5-3-7-22(14)15/h9,12H,2-8,10H2,1H3/t12-/m0/s1. The Morgan fingerprint density at radius 2 is 2.20 bits per heavy atom. The Hall–Kier alpha value is -2.51. The number of carbonyl (C=O) groups excluding carboxylic acids is 1. The minimum absolute atomic E-state index is 0.0292. The van der Waals surface area contributed by atoms with Gasteiger partial charge in [-0.15, -0.1) is 0 Å². The number of nitrogens with zero attached hydrogens (tertiary/aromatic N) is 5. The fraction of sp³-hybridized carbons (Fsp3) is 0.588. The van der Waals surface area contributed by atoms with Gasteiger partial charge in [0.1, 0.15) is 17.2 Å². The number of fused-ring (bicyclic) bond motifs is 1. The van der Waals surface area contributed by atoms with Crippen molar-refractivity contribution in [2.24, 2.45) is 0 Å². The van der Waals surface area contributed by atoms with E-state index < -0.39 is 0 Å². The van der Waals surface area contributed by atoms with E-state index in [9.17, 15) is 9.59 Å². The smallest absolute Gasteiger partial charge is 0.273 e. The summed E-state index contributed by atoms with van der Waals surface area (Å²) in [5, 5.41) is 7.52. The van der Waals surface area contributed by atoms with Gasteiger partial charge in [-0.25, -0.2) is 4.63 Å². The molecule has 0 aliphatic carbocycles. The van der Waals surface area contributed by atoms with E-state index in [1.165, 1.54) is 0 Å². The molecule has 1 amide bonds. The summed E-state index contributed by atoms with van der Waals surface area (Å²) in [4.78, 5) is 30.6. The highest BCUT2D eigenvalue weighted by Crippen LogP contribution is 2.29. The molecule has 8 heteroatoms. The molecule has 4 rings (SSSR count). The molecule has 0 unspecified atom stereocenters. The van der Waals surface area contributed by atoms with Crippen LogP contribution in [0.3, 0.4) is 0 Å². The highest BCUT2D eigenvalue weighted by molar-refractivity contribution is 5.78. The Morgan fingerprint density at radius 1 is 1.32 bits per heavy atom. The molecule has 1 saturated heterocycles. The summed E-state index contributed by atoms with van der Waals surface area (Å²) in [6.45, 7) is 4.06. The first-order valence-electron chi connectivity index (χ1n) is 8.78. The van der Waals surface area contributed by atoms with Gasteiger partial charge < -0.3 is 9.47 Å². The normalized spacial score (nSPS) is 19.9. The lowest BCUT2D eigenvalue weighted by atomic mass is 9.93. The van der Waals surface area contributed by atoms with E-state index in [0.717, 1.165) is 50.3 Å². The first kappa shape index (κ1) is 16.0. The van der Waals surface area contributed by atoms with Crippen LogP contribution in [0.4, 0.5) is 0 Å². The molecule has 0 bridgehead atoms. The third-order valence-corrected chi connectivity index (χ3v) is 5.17. The summed E-state index contributed by atoms with van der Waals surface area (Å²) in [6, 6.07) is 1.65. The second-order valence-electron chi connectivity index (χ2n) is 6.84. The Kier molecular flexibility index (Phi) is 4.10. The fourth-order valence-electron chi connectivity index (χ4n) is 3.87. The molecule has 2 aliphatic rings. The minimum atomic E-state index is -0.170. The number of hydrogen-bond acceptors (Lipinski definition) is 6. The predicted molar refractivity (Wildman–Crippen MR) is 88.1 cm³/mol. The average molecular weight is 343 g/mol. The zero-order valence-electron chi connectivity index (χ0n) is 14.3. The molecule has 132 valence electrons. The first-order chi connectivity index (χ1) is 12.1. The molecule has 1 atom stereocenters. The maximum atomic E-state index is 12.6. The van der Waals surface area contributed by atoms with Crippen LogP contribution >= 0.6 is 0 Å². The lowest BCUT2D eigenvalue weighted by Gasteiger charge is -2.33. The molecule has 8 nitrogen and oxygen atoms in total. The van der Waals surface area contributed by atoms with Crippen LogP contribution in [-0.4, -0.2) is 43.8 Å². The van der Waals surface area contributed by atoms with Crippen LogP contribution < -0.4 is 5.56 Å². The van der Waals surface area contributed by atoms with E-state index in [1.807, 2.05) is 4.90 Å². The molecule has 0 saturated carbocycles. The van der Waals surface area contributed by atoms with Gasteiger partial charge in [0.05, 0.1) is 6.42 Å². The number of likely N-dealkylation sites (tertiary alicyclic amines) is 1. The van der Waals surface area contributed by atoms with Gasteiger partial charge in [-0.05, 0) is 26.2 Å². The second kappa shape index (κ2) is 6.42. The molecule has 0 N–H and O–H groups in total. The third kappa shape index (κ3) is 3.08. The van der Waals surface area contributed by atoms with Crippen molar-refractivity contribution in [3.8, 4) is 0 Å². The van der Waals surface area contributed by atoms with E-state index in [2.05, 4.69) is 24.5 Å². The van der Waals surface area contributed by atoms with Crippen molar-refractivity contribution in [2.45, 2.75) is 51.5 Å². The van der Waals surface area contributed by atoms with E-state index in [0.29, 0.717) is 17.9 Å². The van der Waals surface area contributed by atoms with Crippen molar-refractivity contribution in [1.29, 1.82) is 0 Å². The number of amides is 1. The Balaban J connectivity index is 1.53. The van der Waals surface area contributed by atoms with Crippen LogP contribution in [0.25, 0.3) is 0 Å². The molecule has 2 aromatic heterocycles. The topological polar surface area (TPSA) is 94.1 Å². The van der Waals surface area contributed by atoms with Crippen molar-refractivity contribution >= 4 is 5.91 Å². The molecule has 4 heterocycles. The molecule has 2 aromatic rings. The Morgan fingerprint density at radius 3 is 3.00 bits per heavy atom. The summed E-state index contributed by atoms with van der Waals surface area (Å²) in [5.74, 6) is 1.10. The fourth-order valence-corrected chi connectivity index (χ4v) is 3.87. The van der Waals surface area contributed by atoms with Crippen LogP contribution in [0.15, 0.2) is 15.5 Å². The molecule has 0 radical (unpaired) electrons. The van der Waals surface area contributed by atoms with Gasteiger partial charge in [-0.1, -0.05) is 10.3 Å². The summed E-state index contributed by atoms with van der Waals surface area (Å²) in [6.07, 6.45) is 4.00. The van der Waals surface area contributed by atoms with Gasteiger partial charge in [0, 0.05) is 43.7 Å². The average Bonchev–Trinajstić information content (AvgIpc) is 3.23. The largest absolute Gasteiger partial charge is 0.342 e. The van der Waals surface area contributed by atoms with E-state index in [4.69, 9.17) is 0 Å². The van der Waals surface area contributed by atoms with E-state index in [1.54, 1.807) is 13.0 Å². The van der Waals surface area contributed by atoms with Gasteiger partial charge >= 0.3 is 0 Å².